The van der Waals surface area contributed by atoms with Gasteiger partial charge in [-0.1, -0.05) is 6.92 Å². The highest BCUT2D eigenvalue weighted by Gasteiger charge is 2.27. The topological polar surface area (TPSA) is 57.7 Å². The summed E-state index contributed by atoms with van der Waals surface area (Å²) in [5, 5.41) is 0. The number of likely N-dealkylation sites (tertiary alicyclic amines) is 1. The summed E-state index contributed by atoms with van der Waals surface area (Å²) < 4.78 is 0. The fourth-order valence-corrected chi connectivity index (χ4v) is 2.18. The van der Waals surface area contributed by atoms with E-state index < -0.39 is 0 Å². The highest BCUT2D eigenvalue weighted by Crippen LogP contribution is 2.16. The van der Waals surface area contributed by atoms with Crippen LogP contribution in [0.15, 0.2) is 12.2 Å². The summed E-state index contributed by atoms with van der Waals surface area (Å²) in [7, 11) is 0. The molecule has 17 heavy (non-hydrogen) atoms. The molecule has 2 aliphatic rings. The van der Waals surface area contributed by atoms with E-state index in [1.807, 2.05) is 4.90 Å². The molecule has 0 bridgehead atoms. The second kappa shape index (κ2) is 4.69. The van der Waals surface area contributed by atoms with E-state index in [1.165, 1.54) is 12.2 Å². The first-order chi connectivity index (χ1) is 8.08. The van der Waals surface area contributed by atoms with Gasteiger partial charge in [-0.25, -0.2) is 0 Å². The first-order valence-electron chi connectivity index (χ1n) is 5.89. The molecule has 1 fully saturated rings. The molecular weight excluding hydrogens is 220 g/mol. The highest BCUT2D eigenvalue weighted by atomic mass is 16.2. The third kappa shape index (κ3) is 2.54. The maximum absolute atomic E-state index is 11.8. The van der Waals surface area contributed by atoms with Gasteiger partial charge in [-0.05, 0) is 12.3 Å². The maximum atomic E-state index is 11.8. The van der Waals surface area contributed by atoms with Crippen molar-refractivity contribution in [2.24, 2.45) is 5.92 Å². The molecule has 1 unspecified atom stereocenters. The normalized spacial score (nSPS) is 23.9. The third-order valence-corrected chi connectivity index (χ3v) is 3.23. The van der Waals surface area contributed by atoms with E-state index >= 15 is 0 Å². The smallest absolute Gasteiger partial charge is 0.253 e. The average molecular weight is 236 g/mol. The van der Waals surface area contributed by atoms with Gasteiger partial charge in [0.1, 0.15) is 0 Å². The number of carbonyl (C=O) groups excluding carboxylic acids is 3. The highest BCUT2D eigenvalue weighted by molar-refractivity contribution is 6.13. The zero-order chi connectivity index (χ0) is 12.4. The minimum Gasteiger partial charge on any atom is -0.342 e. The van der Waals surface area contributed by atoms with Gasteiger partial charge in [0.05, 0.1) is 0 Å². The molecule has 92 valence electrons. The quantitative estimate of drug-likeness (QED) is 0.656. The van der Waals surface area contributed by atoms with Gasteiger partial charge in [0.25, 0.3) is 11.8 Å². The summed E-state index contributed by atoms with van der Waals surface area (Å²) in [5.74, 6) is -0.0623. The molecule has 5 nitrogen and oxygen atoms in total. The number of carbonyl (C=O) groups is 3. The maximum Gasteiger partial charge on any atom is 0.253 e. The number of rotatable bonds is 3. The van der Waals surface area contributed by atoms with Gasteiger partial charge < -0.3 is 4.90 Å². The van der Waals surface area contributed by atoms with Crippen LogP contribution in [0.5, 0.6) is 0 Å². The first kappa shape index (κ1) is 11.8. The van der Waals surface area contributed by atoms with Crippen LogP contribution in [-0.4, -0.2) is 47.2 Å². The van der Waals surface area contributed by atoms with E-state index in [9.17, 15) is 14.4 Å². The Morgan fingerprint density at radius 1 is 1.35 bits per heavy atom. The van der Waals surface area contributed by atoms with Crippen molar-refractivity contribution in [2.75, 3.05) is 19.6 Å². The van der Waals surface area contributed by atoms with Crippen LogP contribution in [0.4, 0.5) is 0 Å². The van der Waals surface area contributed by atoms with Gasteiger partial charge in [-0.15, -0.1) is 0 Å². The van der Waals surface area contributed by atoms with Crippen molar-refractivity contribution in [1.82, 2.24) is 9.80 Å². The minimum absolute atomic E-state index is 0.0295. The number of nitrogens with zero attached hydrogens (tertiary/aromatic N) is 2. The van der Waals surface area contributed by atoms with E-state index in [0.717, 1.165) is 24.4 Å². The second-order valence-electron chi connectivity index (χ2n) is 4.65. The molecule has 0 spiro atoms. The summed E-state index contributed by atoms with van der Waals surface area (Å²) in [6.45, 7) is 3.89. The van der Waals surface area contributed by atoms with Crippen LogP contribution in [0.3, 0.4) is 0 Å². The van der Waals surface area contributed by atoms with E-state index in [2.05, 4.69) is 6.92 Å². The largest absolute Gasteiger partial charge is 0.342 e. The molecule has 5 heteroatoms. The molecule has 3 amide bonds. The summed E-state index contributed by atoms with van der Waals surface area (Å²) in [5.41, 5.74) is 0. The molecule has 0 N–H and O–H groups in total. The molecule has 0 aliphatic carbocycles. The van der Waals surface area contributed by atoms with Crippen molar-refractivity contribution in [3.05, 3.63) is 12.2 Å². The van der Waals surface area contributed by atoms with E-state index in [1.54, 1.807) is 0 Å². The van der Waals surface area contributed by atoms with Crippen molar-refractivity contribution in [1.29, 1.82) is 0 Å². The van der Waals surface area contributed by atoms with Gasteiger partial charge in [0.15, 0.2) is 0 Å². The first-order valence-corrected chi connectivity index (χ1v) is 5.89. The molecule has 0 aromatic rings. The zero-order valence-electron chi connectivity index (χ0n) is 9.89. The lowest BCUT2D eigenvalue weighted by molar-refractivity contribution is -0.138. The van der Waals surface area contributed by atoms with Crippen LogP contribution in [0, 0.1) is 5.92 Å². The Morgan fingerprint density at radius 3 is 2.53 bits per heavy atom. The Balaban J connectivity index is 1.80. The summed E-state index contributed by atoms with van der Waals surface area (Å²) >= 11 is 0. The van der Waals surface area contributed by atoms with Crippen LogP contribution in [-0.2, 0) is 14.4 Å². The zero-order valence-corrected chi connectivity index (χ0v) is 9.89. The van der Waals surface area contributed by atoms with Crippen molar-refractivity contribution < 1.29 is 14.4 Å². The Bertz CT molecular complexity index is 371. The predicted octanol–water partition coefficient (Wildman–Crippen LogP) is 0.170. The second-order valence-corrected chi connectivity index (χ2v) is 4.65. The standard InChI is InChI=1S/C12H16N2O3/c1-9-4-6-13(8-9)10(15)5-7-14-11(16)2-3-12(14)17/h2-3,9H,4-8H2,1H3. The van der Waals surface area contributed by atoms with Crippen molar-refractivity contribution in [2.45, 2.75) is 19.8 Å². The van der Waals surface area contributed by atoms with Gasteiger partial charge in [-0.2, -0.15) is 0 Å². The fourth-order valence-electron chi connectivity index (χ4n) is 2.18. The Labute approximate surface area is 100 Å². The van der Waals surface area contributed by atoms with Gasteiger partial charge in [0.2, 0.25) is 5.91 Å². The van der Waals surface area contributed by atoms with Crippen molar-refractivity contribution in [3.63, 3.8) is 0 Å². The third-order valence-electron chi connectivity index (χ3n) is 3.23. The molecule has 0 aromatic heterocycles. The lowest BCUT2D eigenvalue weighted by atomic mass is 10.2. The lowest BCUT2D eigenvalue weighted by Crippen LogP contribution is -2.36. The SMILES string of the molecule is CC1CCN(C(=O)CCN2C(=O)C=CC2=O)C1. The van der Waals surface area contributed by atoms with Crippen molar-refractivity contribution >= 4 is 17.7 Å². The minimum atomic E-state index is -0.322. The molecule has 0 saturated carbocycles. The fraction of sp³-hybridized carbons (Fsp3) is 0.583. The van der Waals surface area contributed by atoms with E-state index in [-0.39, 0.29) is 30.7 Å². The van der Waals surface area contributed by atoms with Crippen LogP contribution in [0.1, 0.15) is 19.8 Å². The lowest BCUT2D eigenvalue weighted by Gasteiger charge is -2.18. The van der Waals surface area contributed by atoms with E-state index in [4.69, 9.17) is 0 Å². The van der Waals surface area contributed by atoms with Crippen LogP contribution >= 0.6 is 0 Å². The van der Waals surface area contributed by atoms with E-state index in [0.29, 0.717) is 5.92 Å². The number of imide groups is 1. The average Bonchev–Trinajstić information content (AvgIpc) is 2.84. The molecule has 0 aromatic carbocycles. The Kier molecular flexibility index (Phi) is 3.26. The molecular formula is C12H16N2O3. The number of hydrogen-bond acceptors (Lipinski definition) is 3. The van der Waals surface area contributed by atoms with Gasteiger partial charge in [-0.3, -0.25) is 19.3 Å². The monoisotopic (exact) mass is 236 g/mol. The number of amides is 3. The summed E-state index contributed by atoms with van der Waals surface area (Å²) in [4.78, 5) is 37.3. The Hall–Kier alpha value is -1.65. The molecule has 1 atom stereocenters. The molecule has 1 saturated heterocycles. The van der Waals surface area contributed by atoms with Gasteiger partial charge in [0, 0.05) is 38.2 Å². The molecule has 2 rings (SSSR count). The van der Waals surface area contributed by atoms with Crippen LogP contribution < -0.4 is 0 Å². The van der Waals surface area contributed by atoms with Crippen molar-refractivity contribution in [3.8, 4) is 0 Å². The van der Waals surface area contributed by atoms with Gasteiger partial charge >= 0.3 is 0 Å². The Morgan fingerprint density at radius 2 is 2.00 bits per heavy atom. The number of hydrogen-bond donors (Lipinski definition) is 0. The molecule has 0 radical (unpaired) electrons. The predicted molar refractivity (Wildman–Crippen MR) is 60.8 cm³/mol. The van der Waals surface area contributed by atoms with Crippen LogP contribution in [0.25, 0.3) is 0 Å². The molecule has 2 aliphatic heterocycles. The molecule has 2 heterocycles. The summed E-state index contributed by atoms with van der Waals surface area (Å²) in [6.07, 6.45) is 3.75. The van der Waals surface area contributed by atoms with Crippen LogP contribution in [0.2, 0.25) is 0 Å². The summed E-state index contributed by atoms with van der Waals surface area (Å²) in [6, 6.07) is 0.